The summed E-state index contributed by atoms with van der Waals surface area (Å²) in [7, 11) is 0. The van der Waals surface area contributed by atoms with E-state index in [1.165, 1.54) is 77.2 Å². The van der Waals surface area contributed by atoms with Gasteiger partial charge in [0.2, 0.25) is 0 Å². The molecule has 1 saturated heterocycles. The van der Waals surface area contributed by atoms with Crippen molar-refractivity contribution in [1.82, 2.24) is 5.32 Å². The maximum absolute atomic E-state index is 5.77. The summed E-state index contributed by atoms with van der Waals surface area (Å²) in [6.45, 7) is 6.88. The van der Waals surface area contributed by atoms with Crippen molar-refractivity contribution >= 4 is 0 Å². The molecule has 118 valence electrons. The minimum Gasteiger partial charge on any atom is -0.378 e. The van der Waals surface area contributed by atoms with Crippen molar-refractivity contribution in [2.75, 3.05) is 13.2 Å². The first-order chi connectivity index (χ1) is 9.80. The van der Waals surface area contributed by atoms with Gasteiger partial charge >= 0.3 is 0 Å². The lowest BCUT2D eigenvalue weighted by Gasteiger charge is -2.38. The van der Waals surface area contributed by atoms with Crippen LogP contribution in [0.4, 0.5) is 0 Å². The van der Waals surface area contributed by atoms with E-state index < -0.39 is 0 Å². The van der Waals surface area contributed by atoms with E-state index in [2.05, 4.69) is 19.2 Å². The SMILES string of the molecule is CCCNC(CCCC1CCCO1)C1(CC)CCCC1. The van der Waals surface area contributed by atoms with Gasteiger partial charge in [-0.2, -0.15) is 0 Å². The Morgan fingerprint density at radius 3 is 2.60 bits per heavy atom. The van der Waals surface area contributed by atoms with Gasteiger partial charge in [0.25, 0.3) is 0 Å². The van der Waals surface area contributed by atoms with Crippen LogP contribution in [0.1, 0.15) is 84.5 Å². The predicted molar refractivity (Wildman–Crippen MR) is 86.1 cm³/mol. The Labute approximate surface area is 126 Å². The third-order valence-electron chi connectivity index (χ3n) is 5.73. The second kappa shape index (κ2) is 8.38. The Hall–Kier alpha value is -0.0800. The summed E-state index contributed by atoms with van der Waals surface area (Å²) in [5, 5.41) is 3.89. The van der Waals surface area contributed by atoms with Gasteiger partial charge in [-0.3, -0.25) is 0 Å². The molecule has 1 saturated carbocycles. The van der Waals surface area contributed by atoms with Crippen molar-refractivity contribution in [3.8, 4) is 0 Å². The zero-order chi connectivity index (χ0) is 14.3. The third-order valence-corrected chi connectivity index (χ3v) is 5.73. The van der Waals surface area contributed by atoms with E-state index in [9.17, 15) is 0 Å². The molecule has 2 heteroatoms. The van der Waals surface area contributed by atoms with Crippen LogP contribution < -0.4 is 5.32 Å². The molecule has 2 nitrogen and oxygen atoms in total. The smallest absolute Gasteiger partial charge is 0.0576 e. The largest absolute Gasteiger partial charge is 0.378 e. The van der Waals surface area contributed by atoms with Crippen LogP contribution in [0.5, 0.6) is 0 Å². The minimum atomic E-state index is 0.572. The molecule has 0 amide bonds. The Morgan fingerprint density at radius 1 is 1.20 bits per heavy atom. The number of ether oxygens (including phenoxy) is 1. The van der Waals surface area contributed by atoms with E-state index in [4.69, 9.17) is 4.74 Å². The van der Waals surface area contributed by atoms with Crippen LogP contribution in [-0.4, -0.2) is 25.3 Å². The number of rotatable bonds is 9. The van der Waals surface area contributed by atoms with Crippen LogP contribution in [0.2, 0.25) is 0 Å². The van der Waals surface area contributed by atoms with Crippen LogP contribution in [0.15, 0.2) is 0 Å². The van der Waals surface area contributed by atoms with Crippen molar-refractivity contribution in [3.63, 3.8) is 0 Å². The van der Waals surface area contributed by atoms with E-state index in [1.54, 1.807) is 0 Å². The Kier molecular flexibility index (Phi) is 6.83. The lowest BCUT2D eigenvalue weighted by Crippen LogP contribution is -2.44. The molecule has 0 aromatic rings. The van der Waals surface area contributed by atoms with Crippen molar-refractivity contribution in [1.29, 1.82) is 0 Å². The van der Waals surface area contributed by atoms with Crippen molar-refractivity contribution in [3.05, 3.63) is 0 Å². The van der Waals surface area contributed by atoms with Crippen LogP contribution in [0.3, 0.4) is 0 Å². The number of hydrogen-bond acceptors (Lipinski definition) is 2. The topological polar surface area (TPSA) is 21.3 Å². The van der Waals surface area contributed by atoms with Crippen LogP contribution in [-0.2, 0) is 4.74 Å². The van der Waals surface area contributed by atoms with Crippen LogP contribution >= 0.6 is 0 Å². The average Bonchev–Trinajstić information content (AvgIpc) is 3.14. The highest BCUT2D eigenvalue weighted by Gasteiger charge is 2.38. The van der Waals surface area contributed by atoms with Gasteiger partial charge in [-0.15, -0.1) is 0 Å². The molecule has 2 rings (SSSR count). The highest BCUT2D eigenvalue weighted by atomic mass is 16.5. The fourth-order valence-electron chi connectivity index (χ4n) is 4.39. The second-order valence-electron chi connectivity index (χ2n) is 7.00. The predicted octanol–water partition coefficient (Wildman–Crippen LogP) is 4.67. The molecule has 1 aliphatic heterocycles. The molecule has 0 spiro atoms. The molecular weight excluding hydrogens is 246 g/mol. The van der Waals surface area contributed by atoms with Crippen molar-refractivity contribution in [2.45, 2.75) is 96.6 Å². The summed E-state index contributed by atoms with van der Waals surface area (Å²) in [6.07, 6.45) is 15.5. The molecule has 1 aliphatic carbocycles. The van der Waals surface area contributed by atoms with E-state index in [1.807, 2.05) is 0 Å². The van der Waals surface area contributed by atoms with E-state index in [-0.39, 0.29) is 0 Å². The normalized spacial score (nSPS) is 27.0. The molecule has 2 unspecified atom stereocenters. The Balaban J connectivity index is 1.82. The quantitative estimate of drug-likeness (QED) is 0.663. The summed E-state index contributed by atoms with van der Waals surface area (Å²) >= 11 is 0. The summed E-state index contributed by atoms with van der Waals surface area (Å²) in [5.41, 5.74) is 0.603. The van der Waals surface area contributed by atoms with Gasteiger partial charge in [0.15, 0.2) is 0 Å². The van der Waals surface area contributed by atoms with Gasteiger partial charge in [0, 0.05) is 12.6 Å². The monoisotopic (exact) mass is 281 g/mol. The minimum absolute atomic E-state index is 0.572. The van der Waals surface area contributed by atoms with Gasteiger partial charge in [0.1, 0.15) is 0 Å². The zero-order valence-corrected chi connectivity index (χ0v) is 13.8. The molecule has 20 heavy (non-hydrogen) atoms. The maximum atomic E-state index is 5.77. The number of nitrogens with one attached hydrogen (secondary N) is 1. The first kappa shape index (κ1) is 16.3. The molecule has 1 heterocycles. The average molecular weight is 281 g/mol. The Morgan fingerprint density at radius 2 is 2.00 bits per heavy atom. The van der Waals surface area contributed by atoms with Crippen molar-refractivity contribution in [2.24, 2.45) is 5.41 Å². The lowest BCUT2D eigenvalue weighted by molar-refractivity contribution is 0.0970. The molecule has 1 N–H and O–H groups in total. The van der Waals surface area contributed by atoms with E-state index in [0.717, 1.165) is 12.6 Å². The highest BCUT2D eigenvalue weighted by molar-refractivity contribution is 4.94. The number of hydrogen-bond donors (Lipinski definition) is 1. The first-order valence-electron chi connectivity index (χ1n) is 9.15. The summed E-state index contributed by atoms with van der Waals surface area (Å²) in [4.78, 5) is 0. The maximum Gasteiger partial charge on any atom is 0.0576 e. The van der Waals surface area contributed by atoms with Crippen LogP contribution in [0, 0.1) is 5.41 Å². The van der Waals surface area contributed by atoms with Gasteiger partial charge in [-0.05, 0) is 69.7 Å². The molecule has 2 aliphatic rings. The second-order valence-corrected chi connectivity index (χ2v) is 7.00. The van der Waals surface area contributed by atoms with Gasteiger partial charge in [0.05, 0.1) is 6.10 Å². The Bertz CT molecular complexity index is 254. The molecule has 2 atom stereocenters. The van der Waals surface area contributed by atoms with Crippen LogP contribution in [0.25, 0.3) is 0 Å². The highest BCUT2D eigenvalue weighted by Crippen LogP contribution is 2.45. The van der Waals surface area contributed by atoms with E-state index >= 15 is 0 Å². The van der Waals surface area contributed by atoms with Gasteiger partial charge in [-0.1, -0.05) is 26.7 Å². The summed E-state index contributed by atoms with van der Waals surface area (Å²) < 4.78 is 5.77. The van der Waals surface area contributed by atoms with E-state index in [0.29, 0.717) is 11.5 Å². The summed E-state index contributed by atoms with van der Waals surface area (Å²) in [6, 6.07) is 0.747. The van der Waals surface area contributed by atoms with Gasteiger partial charge < -0.3 is 10.1 Å². The third kappa shape index (κ3) is 4.21. The molecule has 2 fully saturated rings. The molecule has 0 aromatic carbocycles. The summed E-state index contributed by atoms with van der Waals surface area (Å²) in [5.74, 6) is 0. The zero-order valence-electron chi connectivity index (χ0n) is 13.8. The standard InChI is InChI=1S/C18H35NO/c1-3-14-19-17(18(4-2)12-5-6-13-18)11-7-9-16-10-8-15-20-16/h16-17,19H,3-15H2,1-2H3. The molecule has 0 radical (unpaired) electrons. The fraction of sp³-hybridized carbons (Fsp3) is 1.00. The first-order valence-corrected chi connectivity index (χ1v) is 9.15. The van der Waals surface area contributed by atoms with Crippen molar-refractivity contribution < 1.29 is 4.74 Å². The van der Waals surface area contributed by atoms with Gasteiger partial charge in [-0.25, -0.2) is 0 Å². The molecule has 0 bridgehead atoms. The fourth-order valence-corrected chi connectivity index (χ4v) is 4.39. The molecule has 0 aromatic heterocycles. The lowest BCUT2D eigenvalue weighted by atomic mass is 9.74. The molecular formula is C18H35NO.